The van der Waals surface area contributed by atoms with Gasteiger partial charge in [0.05, 0.1) is 5.52 Å². The minimum Gasteiger partial charge on any atom is -0.388 e. The summed E-state index contributed by atoms with van der Waals surface area (Å²) >= 11 is 0. The number of carbonyl (C=O) groups excluding carboxylic acids is 1. The lowest BCUT2D eigenvalue weighted by atomic mass is 9.94. The molecule has 1 amide bonds. The number of nitrogens with zero attached hydrogens (tertiary/aromatic N) is 4. The van der Waals surface area contributed by atoms with E-state index in [2.05, 4.69) is 10.1 Å². The second-order valence-electron chi connectivity index (χ2n) is 7.00. The molecule has 0 spiro atoms. The first-order chi connectivity index (χ1) is 13.1. The molecule has 0 aliphatic heterocycles. The Morgan fingerprint density at radius 2 is 2.04 bits per heavy atom. The molecule has 2 heterocycles. The molecule has 140 valence electrons. The van der Waals surface area contributed by atoms with Gasteiger partial charge >= 0.3 is 5.76 Å². The van der Waals surface area contributed by atoms with Gasteiger partial charge in [-0.15, -0.1) is 5.10 Å². The lowest BCUT2D eigenvalue weighted by molar-refractivity contribution is -0.133. The molecule has 0 unspecified atom stereocenters. The third kappa shape index (κ3) is 3.49. The fourth-order valence-corrected chi connectivity index (χ4v) is 3.72. The van der Waals surface area contributed by atoms with Crippen LogP contribution in [-0.4, -0.2) is 38.7 Å². The summed E-state index contributed by atoms with van der Waals surface area (Å²) in [5, 5.41) is 5.11. The maximum absolute atomic E-state index is 12.6. The van der Waals surface area contributed by atoms with Crippen LogP contribution in [0.2, 0.25) is 0 Å². The molecule has 27 heavy (non-hydrogen) atoms. The first-order valence-corrected chi connectivity index (χ1v) is 9.31. The molecule has 1 aliphatic carbocycles. The number of aromatic nitrogens is 3. The third-order valence-electron chi connectivity index (χ3n) is 5.28. The van der Waals surface area contributed by atoms with Crippen LogP contribution in [0.4, 0.5) is 0 Å². The second kappa shape index (κ2) is 7.34. The smallest absolute Gasteiger partial charge is 0.388 e. The molecule has 0 saturated heterocycles. The van der Waals surface area contributed by atoms with Crippen LogP contribution in [0, 0.1) is 0 Å². The van der Waals surface area contributed by atoms with E-state index in [0.717, 1.165) is 41.3 Å². The molecule has 7 nitrogen and oxygen atoms in total. The van der Waals surface area contributed by atoms with E-state index in [1.54, 1.807) is 18.1 Å². The van der Waals surface area contributed by atoms with Gasteiger partial charge < -0.3 is 9.32 Å². The van der Waals surface area contributed by atoms with Crippen molar-refractivity contribution in [3.63, 3.8) is 0 Å². The van der Waals surface area contributed by atoms with Crippen molar-refractivity contribution in [1.82, 2.24) is 19.7 Å². The fraction of sp³-hybridized carbons (Fsp3) is 0.400. The van der Waals surface area contributed by atoms with Crippen molar-refractivity contribution in [3.05, 3.63) is 47.1 Å². The number of pyridine rings is 1. The first-order valence-electron chi connectivity index (χ1n) is 9.31. The zero-order valence-corrected chi connectivity index (χ0v) is 15.3. The summed E-state index contributed by atoms with van der Waals surface area (Å²) < 4.78 is 6.44. The van der Waals surface area contributed by atoms with E-state index in [1.807, 2.05) is 30.3 Å². The van der Waals surface area contributed by atoms with Gasteiger partial charge in [-0.25, -0.2) is 4.79 Å². The molecule has 0 radical (unpaired) electrons. The average Bonchev–Trinajstić information content (AvgIpc) is 3.07. The molecule has 1 aromatic carbocycles. The molecule has 0 bridgehead atoms. The quantitative estimate of drug-likeness (QED) is 0.709. The highest BCUT2D eigenvalue weighted by molar-refractivity contribution is 5.92. The molecule has 7 heteroatoms. The minimum absolute atomic E-state index is 0.113. The monoisotopic (exact) mass is 366 g/mol. The highest BCUT2D eigenvalue weighted by Gasteiger charge is 2.23. The van der Waals surface area contributed by atoms with E-state index >= 15 is 0 Å². The molecule has 4 rings (SSSR count). The SMILES string of the molecule is CN(C(=O)Cn1nc(-c2cccc3ncccc23)oc1=O)C1CCCCC1. The summed E-state index contributed by atoms with van der Waals surface area (Å²) in [4.78, 5) is 30.9. The number of hydrogen-bond acceptors (Lipinski definition) is 5. The molecule has 0 N–H and O–H groups in total. The van der Waals surface area contributed by atoms with Gasteiger partial charge in [0.2, 0.25) is 11.8 Å². The molecular weight excluding hydrogens is 344 g/mol. The topological polar surface area (TPSA) is 81.2 Å². The first kappa shape index (κ1) is 17.5. The van der Waals surface area contributed by atoms with Crippen LogP contribution in [0.1, 0.15) is 32.1 Å². The van der Waals surface area contributed by atoms with Crippen molar-refractivity contribution in [3.8, 4) is 11.5 Å². The van der Waals surface area contributed by atoms with Gasteiger partial charge in [0.1, 0.15) is 6.54 Å². The predicted molar refractivity (Wildman–Crippen MR) is 101 cm³/mol. The summed E-state index contributed by atoms with van der Waals surface area (Å²) in [5.41, 5.74) is 1.48. The summed E-state index contributed by atoms with van der Waals surface area (Å²) in [5.74, 6) is -0.550. The van der Waals surface area contributed by atoms with Crippen LogP contribution in [0.15, 0.2) is 45.7 Å². The van der Waals surface area contributed by atoms with Crippen LogP contribution in [0.25, 0.3) is 22.4 Å². The lowest BCUT2D eigenvalue weighted by Gasteiger charge is -2.31. The third-order valence-corrected chi connectivity index (χ3v) is 5.28. The van der Waals surface area contributed by atoms with Crippen LogP contribution in [-0.2, 0) is 11.3 Å². The maximum atomic E-state index is 12.6. The van der Waals surface area contributed by atoms with E-state index in [4.69, 9.17) is 4.42 Å². The Morgan fingerprint density at radius 3 is 2.85 bits per heavy atom. The van der Waals surface area contributed by atoms with Crippen molar-refractivity contribution in [2.24, 2.45) is 0 Å². The van der Waals surface area contributed by atoms with Crippen LogP contribution in [0.5, 0.6) is 0 Å². The average molecular weight is 366 g/mol. The number of likely N-dealkylation sites (N-methyl/N-ethyl adjacent to an activating group) is 1. The normalized spacial score (nSPS) is 15.1. The van der Waals surface area contributed by atoms with E-state index in [9.17, 15) is 9.59 Å². The zero-order valence-electron chi connectivity index (χ0n) is 15.3. The van der Waals surface area contributed by atoms with Crippen molar-refractivity contribution >= 4 is 16.8 Å². The van der Waals surface area contributed by atoms with E-state index < -0.39 is 5.76 Å². The standard InChI is InChI=1S/C20H22N4O3/c1-23(14-7-3-2-4-8-14)18(25)13-24-20(26)27-19(22-24)16-9-5-11-17-15(16)10-6-12-21-17/h5-6,9-12,14H,2-4,7-8,13H2,1H3. The van der Waals surface area contributed by atoms with Crippen molar-refractivity contribution in [1.29, 1.82) is 0 Å². The number of amides is 1. The highest BCUT2D eigenvalue weighted by Crippen LogP contribution is 2.25. The molecule has 1 fully saturated rings. The fourth-order valence-electron chi connectivity index (χ4n) is 3.72. The molecular formula is C20H22N4O3. The summed E-state index contributed by atoms with van der Waals surface area (Å²) in [6, 6.07) is 9.53. The van der Waals surface area contributed by atoms with Gasteiger partial charge in [-0.1, -0.05) is 31.4 Å². The van der Waals surface area contributed by atoms with Crippen molar-refractivity contribution < 1.29 is 9.21 Å². The van der Waals surface area contributed by atoms with E-state index in [-0.39, 0.29) is 24.4 Å². The highest BCUT2D eigenvalue weighted by atomic mass is 16.4. The van der Waals surface area contributed by atoms with Gasteiger partial charge in [-0.2, -0.15) is 4.68 Å². The predicted octanol–water partition coefficient (Wildman–Crippen LogP) is 2.84. The van der Waals surface area contributed by atoms with Crippen molar-refractivity contribution in [2.45, 2.75) is 44.7 Å². The zero-order chi connectivity index (χ0) is 18.8. The summed E-state index contributed by atoms with van der Waals surface area (Å²) in [6.07, 6.45) is 7.26. The van der Waals surface area contributed by atoms with E-state index in [0.29, 0.717) is 5.56 Å². The van der Waals surface area contributed by atoms with Gasteiger partial charge in [-0.05, 0) is 31.0 Å². The Morgan fingerprint density at radius 1 is 1.22 bits per heavy atom. The Hall–Kier alpha value is -2.96. The van der Waals surface area contributed by atoms with Crippen LogP contribution < -0.4 is 5.76 Å². The Kier molecular flexibility index (Phi) is 4.75. The largest absolute Gasteiger partial charge is 0.437 e. The Bertz CT molecular complexity index is 1010. The lowest BCUT2D eigenvalue weighted by Crippen LogP contribution is -2.41. The maximum Gasteiger partial charge on any atom is 0.437 e. The molecule has 2 aromatic heterocycles. The number of hydrogen-bond donors (Lipinski definition) is 0. The number of carbonyl (C=O) groups is 1. The second-order valence-corrected chi connectivity index (χ2v) is 7.00. The number of rotatable bonds is 4. The van der Waals surface area contributed by atoms with Gasteiger partial charge in [0.25, 0.3) is 0 Å². The Labute approximate surface area is 156 Å². The van der Waals surface area contributed by atoms with Gasteiger partial charge in [-0.3, -0.25) is 9.78 Å². The van der Waals surface area contributed by atoms with Gasteiger partial charge in [0.15, 0.2) is 0 Å². The molecule has 1 saturated carbocycles. The minimum atomic E-state index is -0.628. The Balaban J connectivity index is 1.58. The van der Waals surface area contributed by atoms with Gasteiger partial charge in [0, 0.05) is 30.2 Å². The van der Waals surface area contributed by atoms with E-state index in [1.165, 1.54) is 6.42 Å². The number of fused-ring (bicyclic) bond motifs is 1. The summed E-state index contributed by atoms with van der Waals surface area (Å²) in [6.45, 7) is -0.113. The molecule has 1 aliphatic rings. The van der Waals surface area contributed by atoms with Crippen molar-refractivity contribution in [2.75, 3.05) is 7.05 Å². The van der Waals surface area contributed by atoms with Crippen LogP contribution in [0.3, 0.4) is 0 Å². The molecule has 0 atom stereocenters. The number of benzene rings is 1. The van der Waals surface area contributed by atoms with Crippen LogP contribution >= 0.6 is 0 Å². The summed E-state index contributed by atoms with van der Waals surface area (Å²) in [7, 11) is 1.81. The molecule has 3 aromatic rings.